The van der Waals surface area contributed by atoms with E-state index in [0.717, 1.165) is 0 Å². The van der Waals surface area contributed by atoms with Gasteiger partial charge in [0, 0.05) is 23.8 Å². The third kappa shape index (κ3) is 4.20. The van der Waals surface area contributed by atoms with Gasteiger partial charge in [-0.3, -0.25) is 9.97 Å². The molecule has 3 aromatic rings. The van der Waals surface area contributed by atoms with E-state index in [-0.39, 0.29) is 5.82 Å². The summed E-state index contributed by atoms with van der Waals surface area (Å²) in [6.07, 6.45) is 3.35. The van der Waals surface area contributed by atoms with Crippen LogP contribution < -0.4 is 0 Å². The fourth-order valence-electron chi connectivity index (χ4n) is 1.85. The summed E-state index contributed by atoms with van der Waals surface area (Å²) in [7, 11) is 4.61. The van der Waals surface area contributed by atoms with Crippen LogP contribution in [-0.2, 0) is 18.8 Å². The van der Waals surface area contributed by atoms with E-state index in [4.69, 9.17) is 0 Å². The van der Waals surface area contributed by atoms with Crippen molar-refractivity contribution in [1.82, 2.24) is 9.97 Å². The Labute approximate surface area is 137 Å². The van der Waals surface area contributed by atoms with E-state index in [1.807, 2.05) is 36.4 Å². The quantitative estimate of drug-likeness (QED) is 0.508. The van der Waals surface area contributed by atoms with E-state index in [9.17, 15) is 4.39 Å². The summed E-state index contributed by atoms with van der Waals surface area (Å²) in [5, 5.41) is 0. The molecule has 0 atom stereocenters. The summed E-state index contributed by atoms with van der Waals surface area (Å²) in [6, 6.07) is 17.0. The molecule has 0 aliphatic rings. The minimum absolute atomic E-state index is 0.319. The van der Waals surface area contributed by atoms with Gasteiger partial charge in [0.25, 0.3) is 0 Å². The van der Waals surface area contributed by atoms with Gasteiger partial charge in [-0.15, -0.1) is 6.07 Å². The van der Waals surface area contributed by atoms with Crippen molar-refractivity contribution in [2.24, 2.45) is 0 Å². The summed E-state index contributed by atoms with van der Waals surface area (Å²) >= 11 is 1.61. The van der Waals surface area contributed by atoms with Crippen LogP contribution >= 0.6 is 9.42 Å². The van der Waals surface area contributed by atoms with E-state index in [2.05, 4.69) is 25.5 Å². The predicted molar refractivity (Wildman–Crippen MR) is 77.6 cm³/mol. The zero-order valence-electron chi connectivity index (χ0n) is 10.7. The summed E-state index contributed by atoms with van der Waals surface area (Å²) in [4.78, 5) is 8.41. The average Bonchev–Trinajstić information content (AvgIpc) is 2.58. The Balaban J connectivity index is 0.000000774. The van der Waals surface area contributed by atoms with Gasteiger partial charge in [0.15, 0.2) is 0 Å². The van der Waals surface area contributed by atoms with Gasteiger partial charge in [0.05, 0.1) is 5.82 Å². The normalized spacial score (nSPS) is 9.71. The molecule has 3 rings (SSSR count). The number of hydrogen-bond acceptors (Lipinski definition) is 2. The molecule has 5 heteroatoms. The minimum atomic E-state index is -0.319. The maximum atomic E-state index is 13.7. The van der Waals surface area contributed by atoms with E-state index < -0.39 is 0 Å². The molecule has 2 nitrogen and oxygen atoms in total. The molecule has 0 aliphatic heterocycles. The Morgan fingerprint density at radius 1 is 0.857 bits per heavy atom. The van der Waals surface area contributed by atoms with Crippen molar-refractivity contribution in [3.63, 3.8) is 0 Å². The van der Waals surface area contributed by atoms with Crippen molar-refractivity contribution in [2.45, 2.75) is 0 Å². The van der Waals surface area contributed by atoms with Crippen molar-refractivity contribution in [2.75, 3.05) is 0 Å². The van der Waals surface area contributed by atoms with Crippen LogP contribution in [0.4, 0.5) is 4.39 Å². The molecule has 0 aliphatic carbocycles. The first-order valence-electron chi connectivity index (χ1n) is 6.00. The van der Waals surface area contributed by atoms with Gasteiger partial charge in [0.1, 0.15) is 0 Å². The Kier molecular flexibility index (Phi) is 6.03. The van der Waals surface area contributed by atoms with Crippen LogP contribution in [0.5, 0.6) is 0 Å². The monoisotopic (exact) mass is 479 g/mol. The first-order valence-corrected chi connectivity index (χ1v) is 8.82. The van der Waals surface area contributed by atoms with Gasteiger partial charge in [-0.2, -0.15) is 0 Å². The molecule has 0 radical (unpaired) electrons. The molecular weight excluding hydrogens is 470 g/mol. The maximum absolute atomic E-state index is 13.7. The zero-order valence-corrected chi connectivity index (χ0v) is 13.8. The van der Waals surface area contributed by atoms with Crippen molar-refractivity contribution in [3.8, 4) is 22.5 Å². The van der Waals surface area contributed by atoms with Gasteiger partial charge in [0.2, 0.25) is 0 Å². The fraction of sp³-hybridized carbons (Fsp3) is 0. The van der Waals surface area contributed by atoms with Gasteiger partial charge in [-0.05, 0) is 12.1 Å². The van der Waals surface area contributed by atoms with Crippen LogP contribution in [0.3, 0.4) is 0 Å². The van der Waals surface area contributed by atoms with Gasteiger partial charge in [-0.25, -0.2) is 4.39 Å². The van der Waals surface area contributed by atoms with E-state index in [0.29, 0.717) is 22.5 Å². The molecule has 1 aromatic carbocycles. The topological polar surface area (TPSA) is 25.8 Å². The molecule has 0 N–H and O–H groups in total. The fourth-order valence-corrected chi connectivity index (χ4v) is 1.85. The van der Waals surface area contributed by atoms with Crippen LogP contribution in [0.25, 0.3) is 22.5 Å². The second-order valence-electron chi connectivity index (χ2n) is 4.06. The van der Waals surface area contributed by atoms with Gasteiger partial charge < -0.3 is 0 Å². The summed E-state index contributed by atoms with van der Waals surface area (Å²) in [5.74, 6) is -0.319. The molecule has 2 aromatic heterocycles. The molecular formula is C16H10ClFN2Pt. The van der Waals surface area contributed by atoms with E-state index >= 15 is 0 Å². The number of benzene rings is 1. The van der Waals surface area contributed by atoms with E-state index in [1.54, 1.807) is 31.2 Å². The van der Waals surface area contributed by atoms with Crippen LogP contribution in [0, 0.1) is 11.9 Å². The van der Waals surface area contributed by atoms with Crippen molar-refractivity contribution in [1.29, 1.82) is 0 Å². The van der Waals surface area contributed by atoms with Crippen LogP contribution in [0.1, 0.15) is 0 Å². The number of halogens is 2. The Morgan fingerprint density at radius 2 is 1.33 bits per heavy atom. The molecule has 0 amide bonds. The molecule has 0 saturated heterocycles. The van der Waals surface area contributed by atoms with E-state index in [1.165, 1.54) is 12.1 Å². The molecule has 0 fully saturated rings. The molecule has 2 heterocycles. The number of hydrogen-bond donors (Lipinski definition) is 0. The Hall–Kier alpha value is -1.57. The molecule has 0 unspecified atom stereocenters. The van der Waals surface area contributed by atoms with Gasteiger partial charge >= 0.3 is 28.2 Å². The molecule has 0 spiro atoms. The molecule has 21 heavy (non-hydrogen) atoms. The summed E-state index contributed by atoms with van der Waals surface area (Å²) < 4.78 is 13.7. The SMILES string of the molecule is Fc1cc(-c2ccccn2)[c-]c(-c2ccccn2)c1.[Cl][Pt+]. The number of nitrogens with zero attached hydrogens (tertiary/aromatic N) is 2. The van der Waals surface area contributed by atoms with Crippen LogP contribution in [0.2, 0.25) is 0 Å². The Bertz CT molecular complexity index is 635. The van der Waals surface area contributed by atoms with Crippen molar-refractivity contribution in [3.05, 3.63) is 72.8 Å². The third-order valence-electron chi connectivity index (χ3n) is 2.72. The van der Waals surface area contributed by atoms with Crippen LogP contribution in [0.15, 0.2) is 60.9 Å². The summed E-state index contributed by atoms with van der Waals surface area (Å²) in [6.45, 7) is 0. The number of rotatable bonds is 2. The first-order chi connectivity index (χ1) is 10.3. The predicted octanol–water partition coefficient (Wildman–Crippen LogP) is 4.44. The third-order valence-corrected chi connectivity index (χ3v) is 2.72. The number of aromatic nitrogens is 2. The first kappa shape index (κ1) is 15.8. The summed E-state index contributed by atoms with van der Waals surface area (Å²) in [5.41, 5.74) is 2.64. The van der Waals surface area contributed by atoms with Crippen molar-refractivity contribution >= 4 is 9.42 Å². The molecule has 0 saturated carbocycles. The number of pyridine rings is 2. The van der Waals surface area contributed by atoms with Crippen molar-refractivity contribution < 1.29 is 23.2 Å². The van der Waals surface area contributed by atoms with Crippen LogP contribution in [-0.4, -0.2) is 9.97 Å². The molecule has 108 valence electrons. The second-order valence-corrected chi connectivity index (χ2v) is 4.06. The molecule has 0 bridgehead atoms. The standard InChI is InChI=1S/C16H10FN2.ClH.Pt/c17-14-10-12(15-5-1-3-7-18-15)9-13(11-14)16-6-2-4-8-19-16;;/h1-8,10-11H;1H;/q-1;;+2/p-1. The second kappa shape index (κ2) is 8.01. The Morgan fingerprint density at radius 3 is 1.71 bits per heavy atom. The average molecular weight is 480 g/mol. The zero-order chi connectivity index (χ0) is 15.1. The van der Waals surface area contributed by atoms with Gasteiger partial charge in [-0.1, -0.05) is 47.5 Å².